The van der Waals surface area contributed by atoms with Gasteiger partial charge in [-0.3, -0.25) is 9.59 Å². The number of nitrogens with two attached hydrogens (primary N) is 1. The van der Waals surface area contributed by atoms with Crippen LogP contribution < -0.4 is 21.7 Å². The summed E-state index contributed by atoms with van der Waals surface area (Å²) in [4.78, 5) is 36.3. The van der Waals surface area contributed by atoms with Crippen molar-refractivity contribution in [1.82, 2.24) is 15.5 Å². The fourth-order valence-corrected chi connectivity index (χ4v) is 2.84. The van der Waals surface area contributed by atoms with Crippen LogP contribution in [0.4, 0.5) is 10.5 Å². The minimum atomic E-state index is -0.627. The third kappa shape index (κ3) is 7.92. The lowest BCUT2D eigenvalue weighted by atomic mass is 10.1. The highest BCUT2D eigenvalue weighted by molar-refractivity contribution is 5.97. The zero-order valence-corrected chi connectivity index (χ0v) is 17.2. The van der Waals surface area contributed by atoms with Crippen LogP contribution >= 0.6 is 0 Å². The zero-order chi connectivity index (χ0) is 21.8. The maximum atomic E-state index is 12.4. The van der Waals surface area contributed by atoms with Crippen LogP contribution in [0.5, 0.6) is 0 Å². The van der Waals surface area contributed by atoms with Gasteiger partial charge in [-0.1, -0.05) is 43.3 Å². The number of rotatable bonds is 5. The molecule has 1 aliphatic heterocycles. The molecule has 5 N–H and O–H groups in total. The van der Waals surface area contributed by atoms with Gasteiger partial charge in [0.1, 0.15) is 0 Å². The lowest BCUT2D eigenvalue weighted by Gasteiger charge is -2.27. The summed E-state index contributed by atoms with van der Waals surface area (Å²) < 4.78 is 0. The van der Waals surface area contributed by atoms with Crippen molar-refractivity contribution in [3.05, 3.63) is 65.7 Å². The Labute approximate surface area is 176 Å². The Morgan fingerprint density at radius 1 is 1.03 bits per heavy atom. The number of benzene rings is 2. The lowest BCUT2D eigenvalue weighted by molar-refractivity contribution is -0.117. The van der Waals surface area contributed by atoms with E-state index in [0.29, 0.717) is 24.3 Å². The van der Waals surface area contributed by atoms with E-state index in [2.05, 4.69) is 47.1 Å². The van der Waals surface area contributed by atoms with E-state index in [1.165, 1.54) is 5.56 Å². The number of piperazine rings is 1. The van der Waals surface area contributed by atoms with E-state index >= 15 is 0 Å². The van der Waals surface area contributed by atoms with E-state index in [1.54, 1.807) is 29.2 Å². The molecule has 8 nitrogen and oxygen atoms in total. The molecule has 2 aromatic carbocycles. The maximum Gasteiger partial charge on any atom is 0.319 e. The number of aryl methyl sites for hydroxylation is 1. The summed E-state index contributed by atoms with van der Waals surface area (Å²) in [6.07, 6.45) is 1.14. The van der Waals surface area contributed by atoms with Crippen molar-refractivity contribution < 1.29 is 14.4 Å². The van der Waals surface area contributed by atoms with Crippen LogP contribution in [-0.2, 0) is 11.2 Å². The molecule has 8 heteroatoms. The molecule has 1 aliphatic rings. The first-order chi connectivity index (χ1) is 14.5. The zero-order valence-electron chi connectivity index (χ0n) is 17.2. The highest BCUT2D eigenvalue weighted by Crippen LogP contribution is 2.13. The Hall–Kier alpha value is -3.39. The highest BCUT2D eigenvalue weighted by atomic mass is 16.2. The molecule has 0 radical (unpaired) electrons. The van der Waals surface area contributed by atoms with Crippen LogP contribution in [0.15, 0.2) is 54.6 Å². The smallest absolute Gasteiger partial charge is 0.319 e. The van der Waals surface area contributed by atoms with E-state index in [0.717, 1.165) is 19.5 Å². The van der Waals surface area contributed by atoms with Gasteiger partial charge in [-0.05, 0) is 30.2 Å². The second kappa shape index (κ2) is 12.2. The minimum Gasteiger partial charge on any atom is -0.368 e. The van der Waals surface area contributed by atoms with Gasteiger partial charge in [0.05, 0.1) is 6.54 Å². The second-order valence-corrected chi connectivity index (χ2v) is 6.74. The van der Waals surface area contributed by atoms with Gasteiger partial charge in [-0.25, -0.2) is 4.79 Å². The van der Waals surface area contributed by atoms with Crippen molar-refractivity contribution in [2.24, 2.45) is 5.73 Å². The average Bonchev–Trinajstić information content (AvgIpc) is 2.79. The average molecular weight is 412 g/mol. The van der Waals surface area contributed by atoms with Gasteiger partial charge in [0.25, 0.3) is 5.91 Å². The molecule has 0 aromatic heterocycles. The van der Waals surface area contributed by atoms with Crippen molar-refractivity contribution in [2.45, 2.75) is 13.3 Å². The summed E-state index contributed by atoms with van der Waals surface area (Å²) in [5.74, 6) is -0.694. The van der Waals surface area contributed by atoms with Crippen LogP contribution in [0.25, 0.3) is 0 Å². The van der Waals surface area contributed by atoms with E-state index in [4.69, 9.17) is 5.73 Å². The molecule has 0 aliphatic carbocycles. The van der Waals surface area contributed by atoms with Crippen LogP contribution in [0.3, 0.4) is 0 Å². The van der Waals surface area contributed by atoms with Crippen molar-refractivity contribution >= 4 is 23.5 Å². The van der Waals surface area contributed by atoms with Crippen LogP contribution in [0, 0.1) is 0 Å². The normalized spacial score (nSPS) is 12.9. The minimum absolute atomic E-state index is 0.0669. The summed E-state index contributed by atoms with van der Waals surface area (Å²) in [6.45, 7) is 4.80. The Morgan fingerprint density at radius 2 is 1.73 bits per heavy atom. The number of nitrogens with one attached hydrogen (secondary N) is 3. The summed E-state index contributed by atoms with van der Waals surface area (Å²) >= 11 is 0. The second-order valence-electron chi connectivity index (χ2n) is 6.74. The molecule has 160 valence electrons. The first kappa shape index (κ1) is 22.9. The monoisotopic (exact) mass is 411 g/mol. The highest BCUT2D eigenvalue weighted by Gasteiger charge is 2.18. The van der Waals surface area contributed by atoms with E-state index in [1.807, 2.05) is 6.07 Å². The van der Waals surface area contributed by atoms with Gasteiger partial charge in [-0.15, -0.1) is 0 Å². The first-order valence-corrected chi connectivity index (χ1v) is 9.96. The SMILES string of the molecule is CCc1ccccc1.NC(=O)CNC(=O)Nc1cccc(C(=O)N2CCNCC2)c1. The number of hydrogen-bond acceptors (Lipinski definition) is 4. The van der Waals surface area contributed by atoms with Gasteiger partial charge in [0.15, 0.2) is 0 Å². The third-order valence-electron chi connectivity index (χ3n) is 4.45. The number of hydrogen-bond donors (Lipinski definition) is 4. The summed E-state index contributed by atoms with van der Waals surface area (Å²) in [6, 6.07) is 16.6. The Kier molecular flexibility index (Phi) is 9.33. The fraction of sp³-hybridized carbons (Fsp3) is 0.318. The molecule has 0 saturated carbocycles. The molecule has 4 amide bonds. The number of urea groups is 1. The van der Waals surface area contributed by atoms with Crippen LogP contribution in [0.2, 0.25) is 0 Å². The lowest BCUT2D eigenvalue weighted by Crippen LogP contribution is -2.46. The van der Waals surface area contributed by atoms with Gasteiger partial charge in [0, 0.05) is 37.4 Å². The quantitative estimate of drug-likeness (QED) is 0.598. The molecule has 0 unspecified atom stereocenters. The molecule has 0 atom stereocenters. The first-order valence-electron chi connectivity index (χ1n) is 9.96. The van der Waals surface area contributed by atoms with Gasteiger partial charge < -0.3 is 26.6 Å². The Balaban J connectivity index is 0.000000335. The third-order valence-corrected chi connectivity index (χ3v) is 4.45. The number of carbonyl (C=O) groups excluding carboxylic acids is 3. The van der Waals surface area contributed by atoms with Crippen LogP contribution in [0.1, 0.15) is 22.8 Å². The van der Waals surface area contributed by atoms with Crippen molar-refractivity contribution in [1.29, 1.82) is 0 Å². The molecule has 0 bridgehead atoms. The van der Waals surface area contributed by atoms with Crippen molar-refractivity contribution in [2.75, 3.05) is 38.0 Å². The van der Waals surface area contributed by atoms with Gasteiger partial charge in [0.2, 0.25) is 5.91 Å². The molecule has 2 aromatic rings. The molecule has 1 heterocycles. The number of primary amides is 1. The summed E-state index contributed by atoms with van der Waals surface area (Å²) in [7, 11) is 0. The van der Waals surface area contributed by atoms with E-state index < -0.39 is 11.9 Å². The van der Waals surface area contributed by atoms with Crippen molar-refractivity contribution in [3.63, 3.8) is 0 Å². The standard InChI is InChI=1S/C14H19N5O3.C8H10/c15-12(20)9-17-14(22)18-11-3-1-2-10(8-11)13(21)19-6-4-16-5-7-19;1-2-8-6-4-3-5-7-8/h1-3,8,16H,4-7,9H2,(H2,15,20)(H2,17,18,22);3-7H,2H2,1H3. The van der Waals surface area contributed by atoms with Crippen molar-refractivity contribution in [3.8, 4) is 0 Å². The molecule has 0 spiro atoms. The number of amides is 4. The predicted molar refractivity (Wildman–Crippen MR) is 117 cm³/mol. The number of nitrogens with zero attached hydrogens (tertiary/aromatic N) is 1. The molecule has 30 heavy (non-hydrogen) atoms. The van der Waals surface area contributed by atoms with Crippen LogP contribution in [-0.4, -0.2) is 55.5 Å². The van der Waals surface area contributed by atoms with Gasteiger partial charge in [-0.2, -0.15) is 0 Å². The number of anilines is 1. The van der Waals surface area contributed by atoms with Gasteiger partial charge >= 0.3 is 6.03 Å². The Morgan fingerprint density at radius 3 is 2.33 bits per heavy atom. The molecule has 1 saturated heterocycles. The van der Waals surface area contributed by atoms with E-state index in [9.17, 15) is 14.4 Å². The predicted octanol–water partition coefficient (Wildman–Crippen LogP) is 1.59. The topological polar surface area (TPSA) is 117 Å². The molecule has 1 fully saturated rings. The molecular weight excluding hydrogens is 382 g/mol. The molecule has 3 rings (SSSR count). The Bertz CT molecular complexity index is 836. The fourth-order valence-electron chi connectivity index (χ4n) is 2.84. The number of carbonyl (C=O) groups is 3. The summed E-state index contributed by atoms with van der Waals surface area (Å²) in [5, 5.41) is 8.05. The largest absolute Gasteiger partial charge is 0.368 e. The van der Waals surface area contributed by atoms with E-state index in [-0.39, 0.29) is 12.5 Å². The molecular formula is C22H29N5O3. The maximum absolute atomic E-state index is 12.4. The summed E-state index contributed by atoms with van der Waals surface area (Å²) in [5.41, 5.74) is 7.34.